The van der Waals surface area contributed by atoms with Crippen LogP contribution in [0.1, 0.15) is 27.8 Å². The van der Waals surface area contributed by atoms with Gasteiger partial charge in [0.1, 0.15) is 0 Å². The minimum absolute atomic E-state index is 0.395. The summed E-state index contributed by atoms with van der Waals surface area (Å²) in [4.78, 5) is 4.14. The second-order valence-electron chi connectivity index (χ2n) is 11.0. The van der Waals surface area contributed by atoms with Gasteiger partial charge in [0.25, 0.3) is 0 Å². The van der Waals surface area contributed by atoms with Crippen LogP contribution in [0.3, 0.4) is 0 Å². The lowest BCUT2D eigenvalue weighted by molar-refractivity contribution is 1.18. The van der Waals surface area contributed by atoms with Crippen molar-refractivity contribution in [1.82, 2.24) is 9.55 Å². The van der Waals surface area contributed by atoms with Gasteiger partial charge >= 0.3 is 0 Å². The minimum atomic E-state index is 0.395. The van der Waals surface area contributed by atoms with Gasteiger partial charge < -0.3 is 4.57 Å². The second-order valence-corrected chi connectivity index (χ2v) is 11.0. The van der Waals surface area contributed by atoms with E-state index in [1.54, 1.807) is 48.8 Å². The molecule has 2 heterocycles. The Balaban J connectivity index is 1.53. The van der Waals surface area contributed by atoms with Crippen LogP contribution in [0.15, 0.2) is 116 Å². The third-order valence-electron chi connectivity index (χ3n) is 8.13. The Kier molecular flexibility index (Phi) is 6.94. The molecule has 0 fully saturated rings. The molecule has 0 saturated heterocycles. The van der Waals surface area contributed by atoms with Crippen LogP contribution in [0, 0.1) is 56.7 Å². The summed E-state index contributed by atoms with van der Waals surface area (Å²) in [5.74, 6) is 0. The SMILES string of the molecule is N#Cc1cc(C#N)cc(-c2ccc3c(c2)c2cc(-c4cc(C#N)cc(C#N)c4)ccc2n3-c2cc(C#N)cc(-c3ccncc3)c2)c1. The standard InChI is InChI=1S/C40H19N7/c41-20-25-9-26(21-42)12-33(11-25)31-1-3-39-37(18-31)38-19-32(34-13-27(22-43)10-28(14-34)23-44)2-4-40(38)47(39)36-16-29(24-45)15-35(17-36)30-5-7-46-8-6-30/h1-19H. The first kappa shape index (κ1) is 28.3. The molecule has 0 atom stereocenters. The van der Waals surface area contributed by atoms with E-state index < -0.39 is 0 Å². The third-order valence-corrected chi connectivity index (χ3v) is 8.13. The van der Waals surface area contributed by atoms with Crippen molar-refractivity contribution >= 4 is 21.8 Å². The normalized spacial score (nSPS) is 10.4. The number of fused-ring (bicyclic) bond motifs is 3. The van der Waals surface area contributed by atoms with Gasteiger partial charge in [-0.3, -0.25) is 4.98 Å². The molecule has 0 aliphatic carbocycles. The van der Waals surface area contributed by atoms with Gasteiger partial charge in [-0.15, -0.1) is 0 Å². The van der Waals surface area contributed by atoms with Gasteiger partial charge in [0.2, 0.25) is 0 Å². The average Bonchev–Trinajstić information content (AvgIpc) is 3.47. The van der Waals surface area contributed by atoms with Crippen molar-refractivity contribution in [2.75, 3.05) is 0 Å². The largest absolute Gasteiger partial charge is 0.309 e. The highest BCUT2D eigenvalue weighted by molar-refractivity contribution is 6.11. The quantitative estimate of drug-likeness (QED) is 0.199. The van der Waals surface area contributed by atoms with E-state index in [9.17, 15) is 26.3 Å². The average molecular weight is 598 g/mol. The van der Waals surface area contributed by atoms with E-state index in [4.69, 9.17) is 0 Å². The molecule has 0 spiro atoms. The summed E-state index contributed by atoms with van der Waals surface area (Å²) in [6.07, 6.45) is 3.44. The Bertz CT molecular complexity index is 2430. The molecule has 5 aromatic carbocycles. The molecule has 0 amide bonds. The van der Waals surface area contributed by atoms with Crippen molar-refractivity contribution in [3.63, 3.8) is 0 Å². The zero-order chi connectivity index (χ0) is 32.5. The highest BCUT2D eigenvalue weighted by Gasteiger charge is 2.17. The molecule has 0 radical (unpaired) electrons. The van der Waals surface area contributed by atoms with Gasteiger partial charge in [-0.25, -0.2) is 0 Å². The summed E-state index contributed by atoms with van der Waals surface area (Å²) in [5.41, 5.74) is 9.61. The number of nitriles is 5. The lowest BCUT2D eigenvalue weighted by Crippen LogP contribution is -1.96. The van der Waals surface area contributed by atoms with Crippen molar-refractivity contribution in [3.8, 4) is 69.4 Å². The van der Waals surface area contributed by atoms with Gasteiger partial charge in [-0.05, 0) is 124 Å². The summed E-state index contributed by atoms with van der Waals surface area (Å²) < 4.78 is 2.11. The first-order chi connectivity index (χ1) is 23.0. The highest BCUT2D eigenvalue weighted by atomic mass is 15.0. The molecule has 7 heteroatoms. The number of benzene rings is 5. The summed E-state index contributed by atoms with van der Waals surface area (Å²) in [6.45, 7) is 0. The molecule has 47 heavy (non-hydrogen) atoms. The molecule has 0 aliphatic heterocycles. The fraction of sp³-hybridized carbons (Fsp3) is 0. The first-order valence-electron chi connectivity index (χ1n) is 14.5. The Morgan fingerprint density at radius 1 is 0.383 bits per heavy atom. The van der Waals surface area contributed by atoms with E-state index in [1.165, 1.54) is 0 Å². The van der Waals surface area contributed by atoms with Crippen molar-refractivity contribution < 1.29 is 0 Å². The molecule has 0 unspecified atom stereocenters. The predicted octanol–water partition coefficient (Wildman–Crippen LogP) is 8.54. The number of hydrogen-bond acceptors (Lipinski definition) is 6. The lowest BCUT2D eigenvalue weighted by atomic mass is 9.97. The van der Waals surface area contributed by atoms with E-state index in [-0.39, 0.29) is 0 Å². The number of pyridine rings is 1. The maximum absolute atomic E-state index is 9.99. The second kappa shape index (κ2) is 11.5. The van der Waals surface area contributed by atoms with Gasteiger partial charge in [-0.1, -0.05) is 12.1 Å². The lowest BCUT2D eigenvalue weighted by Gasteiger charge is -2.12. The van der Waals surface area contributed by atoms with Crippen LogP contribution in [0.2, 0.25) is 0 Å². The molecule has 0 bridgehead atoms. The molecule has 0 N–H and O–H groups in total. The Labute approximate surface area is 269 Å². The van der Waals surface area contributed by atoms with E-state index >= 15 is 0 Å². The van der Waals surface area contributed by atoms with Gasteiger partial charge in [0, 0.05) is 28.9 Å². The van der Waals surface area contributed by atoms with Crippen molar-refractivity contribution in [1.29, 1.82) is 26.3 Å². The molecular formula is C40H19N7. The molecule has 7 nitrogen and oxygen atoms in total. The molecule has 0 saturated carbocycles. The predicted molar refractivity (Wildman–Crippen MR) is 178 cm³/mol. The first-order valence-corrected chi connectivity index (χ1v) is 14.5. The monoisotopic (exact) mass is 597 g/mol. The van der Waals surface area contributed by atoms with Crippen LogP contribution in [-0.2, 0) is 0 Å². The van der Waals surface area contributed by atoms with E-state index in [1.807, 2.05) is 66.7 Å². The maximum Gasteiger partial charge on any atom is 0.0992 e. The molecule has 0 aliphatic rings. The molecule has 214 valence electrons. The zero-order valence-electron chi connectivity index (χ0n) is 24.6. The Hall–Kier alpha value is -7.50. The Morgan fingerprint density at radius 2 is 0.787 bits per heavy atom. The van der Waals surface area contributed by atoms with Gasteiger partial charge in [0.15, 0.2) is 0 Å². The zero-order valence-corrected chi connectivity index (χ0v) is 24.6. The van der Waals surface area contributed by atoms with Gasteiger partial charge in [-0.2, -0.15) is 26.3 Å². The van der Waals surface area contributed by atoms with Crippen LogP contribution in [-0.4, -0.2) is 9.55 Å². The van der Waals surface area contributed by atoms with Crippen LogP contribution < -0.4 is 0 Å². The number of hydrogen-bond donors (Lipinski definition) is 0. The topological polar surface area (TPSA) is 137 Å². The molecule has 2 aromatic heterocycles. The van der Waals surface area contributed by atoms with Crippen LogP contribution in [0.4, 0.5) is 0 Å². The van der Waals surface area contributed by atoms with E-state index in [2.05, 4.69) is 39.9 Å². The molecule has 7 rings (SSSR count). The summed E-state index contributed by atoms with van der Waals surface area (Å²) in [7, 11) is 0. The van der Waals surface area contributed by atoms with Crippen molar-refractivity contribution in [3.05, 3.63) is 143 Å². The maximum atomic E-state index is 9.99. The summed E-state index contributed by atoms with van der Waals surface area (Å²) in [5, 5.41) is 50.2. The number of aromatic nitrogens is 2. The van der Waals surface area contributed by atoms with Crippen molar-refractivity contribution in [2.24, 2.45) is 0 Å². The van der Waals surface area contributed by atoms with Crippen LogP contribution in [0.25, 0.3) is 60.9 Å². The van der Waals surface area contributed by atoms with E-state index in [0.29, 0.717) is 27.8 Å². The Morgan fingerprint density at radius 3 is 1.21 bits per heavy atom. The van der Waals surface area contributed by atoms with E-state index in [0.717, 1.165) is 60.9 Å². The molecule has 7 aromatic rings. The van der Waals surface area contributed by atoms with Gasteiger partial charge in [0.05, 0.1) is 69.2 Å². The summed E-state index contributed by atoms with van der Waals surface area (Å²) in [6, 6.07) is 42.7. The van der Waals surface area contributed by atoms with Crippen LogP contribution in [0.5, 0.6) is 0 Å². The van der Waals surface area contributed by atoms with Crippen molar-refractivity contribution in [2.45, 2.75) is 0 Å². The summed E-state index contributed by atoms with van der Waals surface area (Å²) >= 11 is 0. The fourth-order valence-electron chi connectivity index (χ4n) is 6.02. The minimum Gasteiger partial charge on any atom is -0.309 e. The number of nitrogens with zero attached hydrogens (tertiary/aromatic N) is 7. The third kappa shape index (κ3) is 5.08. The smallest absolute Gasteiger partial charge is 0.0992 e. The number of rotatable bonds is 4. The van der Waals surface area contributed by atoms with Crippen LogP contribution >= 0.6 is 0 Å². The fourth-order valence-corrected chi connectivity index (χ4v) is 6.02. The molecular weight excluding hydrogens is 578 g/mol. The highest BCUT2D eigenvalue weighted by Crippen LogP contribution is 2.38.